The molecular weight excluding hydrogens is 577 g/mol. The summed E-state index contributed by atoms with van der Waals surface area (Å²) in [7, 11) is -2.33. The lowest BCUT2D eigenvalue weighted by molar-refractivity contribution is -0.145. The maximum absolute atomic E-state index is 13.6. The highest BCUT2D eigenvalue weighted by atomic mass is 35.5. The van der Waals surface area contributed by atoms with Crippen molar-refractivity contribution in [3.05, 3.63) is 75.8 Å². The van der Waals surface area contributed by atoms with Crippen LogP contribution in [-0.4, -0.2) is 63.5 Å². The maximum Gasteiger partial charge on any atom is 0.455 e. The predicted octanol–water partition coefficient (Wildman–Crippen LogP) is 2.90. The summed E-state index contributed by atoms with van der Waals surface area (Å²) in [5.41, 5.74) is 0.481. The summed E-state index contributed by atoms with van der Waals surface area (Å²) in [5.74, 6) is -2.87. The number of halogens is 4. The van der Waals surface area contributed by atoms with Gasteiger partial charge in [0, 0.05) is 13.3 Å². The summed E-state index contributed by atoms with van der Waals surface area (Å²) in [6.45, 7) is 1.15. The van der Waals surface area contributed by atoms with Crippen LogP contribution in [-0.2, 0) is 22.6 Å². The molecule has 0 atom stereocenters. The number of carbonyl (C=O) groups is 2. The molecule has 0 spiro atoms. The molecule has 2 heterocycles. The lowest BCUT2D eigenvalue weighted by Crippen LogP contribution is -2.24. The van der Waals surface area contributed by atoms with Gasteiger partial charge in [0.25, 0.3) is 17.6 Å². The molecule has 4 aromatic rings. The summed E-state index contributed by atoms with van der Waals surface area (Å²) < 4.78 is 64.1. The second kappa shape index (κ2) is 10.7. The SMILES string of the molecule is CNC(=O)c1cc(S(C)(=O)=O)cc(C)c1NC(=O)c1cc(Cn2nnc(C(F)(F)F)n2)nn1-c1ccccc1Cl. The van der Waals surface area contributed by atoms with Gasteiger partial charge in [0.05, 0.1) is 32.6 Å². The Morgan fingerprint density at radius 2 is 1.77 bits per heavy atom. The normalized spacial score (nSPS) is 11.9. The van der Waals surface area contributed by atoms with Crippen LogP contribution in [0, 0.1) is 6.92 Å². The summed E-state index contributed by atoms with van der Waals surface area (Å²) in [5, 5.41) is 19.2. The number of nitrogens with zero attached hydrogens (tertiary/aromatic N) is 6. The molecule has 0 aliphatic heterocycles. The Bertz CT molecular complexity index is 1730. The number of carbonyl (C=O) groups excluding carboxylic acids is 2. The molecule has 12 nitrogen and oxygen atoms in total. The maximum atomic E-state index is 13.6. The molecule has 40 heavy (non-hydrogen) atoms. The minimum Gasteiger partial charge on any atom is -0.355 e. The molecule has 0 saturated carbocycles. The van der Waals surface area contributed by atoms with E-state index >= 15 is 0 Å². The van der Waals surface area contributed by atoms with Gasteiger partial charge in [-0.3, -0.25) is 9.59 Å². The van der Waals surface area contributed by atoms with Gasteiger partial charge in [-0.2, -0.15) is 23.1 Å². The minimum atomic E-state index is -4.80. The second-order valence-corrected chi connectivity index (χ2v) is 10.9. The van der Waals surface area contributed by atoms with Crippen molar-refractivity contribution in [1.29, 1.82) is 0 Å². The number of sulfone groups is 1. The number of aromatic nitrogens is 6. The van der Waals surface area contributed by atoms with Crippen LogP contribution in [0.2, 0.25) is 5.02 Å². The minimum absolute atomic E-state index is 0.0398. The van der Waals surface area contributed by atoms with E-state index in [1.165, 1.54) is 30.8 Å². The first kappa shape index (κ1) is 28.7. The van der Waals surface area contributed by atoms with E-state index in [9.17, 15) is 31.2 Å². The third-order valence-electron chi connectivity index (χ3n) is 5.53. The number of alkyl halides is 3. The van der Waals surface area contributed by atoms with Crippen molar-refractivity contribution >= 4 is 38.9 Å². The smallest absolute Gasteiger partial charge is 0.355 e. The Labute approximate surface area is 230 Å². The summed E-state index contributed by atoms with van der Waals surface area (Å²) in [4.78, 5) is 26.7. The molecule has 0 aliphatic rings. The van der Waals surface area contributed by atoms with Crippen molar-refractivity contribution in [2.75, 3.05) is 18.6 Å². The third kappa shape index (κ3) is 5.96. The first-order chi connectivity index (χ1) is 18.7. The number of benzene rings is 2. The number of hydrogen-bond donors (Lipinski definition) is 2. The monoisotopic (exact) mass is 596 g/mol. The van der Waals surface area contributed by atoms with Crippen LogP contribution in [0.1, 0.15) is 37.9 Å². The first-order valence-electron chi connectivity index (χ1n) is 11.3. The van der Waals surface area contributed by atoms with Gasteiger partial charge in [-0.1, -0.05) is 23.7 Å². The van der Waals surface area contributed by atoms with Crippen LogP contribution in [0.5, 0.6) is 0 Å². The van der Waals surface area contributed by atoms with Gasteiger partial charge in [-0.05, 0) is 48.0 Å². The number of nitrogens with one attached hydrogen (secondary N) is 2. The van der Waals surface area contributed by atoms with Crippen LogP contribution in [0.3, 0.4) is 0 Å². The van der Waals surface area contributed by atoms with E-state index in [4.69, 9.17) is 11.6 Å². The Balaban J connectivity index is 1.78. The van der Waals surface area contributed by atoms with Crippen molar-refractivity contribution < 1.29 is 31.2 Å². The largest absolute Gasteiger partial charge is 0.455 e. The highest BCUT2D eigenvalue weighted by Crippen LogP contribution is 2.28. The average molecular weight is 597 g/mol. The Morgan fingerprint density at radius 3 is 2.38 bits per heavy atom. The standard InChI is InChI=1S/C23H20ClF3N8O4S/c1-12-8-14(40(3,38)39)10-15(20(36)28-2)19(12)29-21(37)18-9-13(11-34-32-22(30-33-34)23(25,26)27)31-35(18)17-7-5-4-6-16(17)24/h4-10H,11H2,1-3H3,(H,28,36)(H,29,37). The van der Waals surface area contributed by atoms with Crippen LogP contribution in [0.4, 0.5) is 18.9 Å². The molecule has 2 amide bonds. The molecule has 0 bridgehead atoms. The zero-order valence-electron chi connectivity index (χ0n) is 21.0. The fourth-order valence-electron chi connectivity index (χ4n) is 3.67. The number of anilines is 1. The van der Waals surface area contributed by atoms with Crippen LogP contribution < -0.4 is 10.6 Å². The van der Waals surface area contributed by atoms with E-state index in [0.717, 1.165) is 12.3 Å². The topological polar surface area (TPSA) is 154 Å². The quantitative estimate of drug-likeness (QED) is 0.330. The molecular formula is C23H20ClF3N8O4S. The predicted molar refractivity (Wildman–Crippen MR) is 136 cm³/mol. The molecule has 2 N–H and O–H groups in total. The molecule has 2 aromatic heterocycles. The van der Waals surface area contributed by atoms with E-state index in [-0.39, 0.29) is 50.4 Å². The molecule has 0 aliphatic carbocycles. The molecule has 0 radical (unpaired) electrons. The van der Waals surface area contributed by atoms with E-state index in [2.05, 4.69) is 31.1 Å². The van der Waals surface area contributed by atoms with Crippen molar-refractivity contribution in [3.8, 4) is 5.69 Å². The number of amides is 2. The molecule has 0 unspecified atom stereocenters. The fraction of sp³-hybridized carbons (Fsp3) is 0.217. The molecule has 210 valence electrons. The number of rotatable bonds is 7. The van der Waals surface area contributed by atoms with Gasteiger partial charge in [0.2, 0.25) is 0 Å². The Hall–Kier alpha value is -4.31. The Morgan fingerprint density at radius 1 is 1.07 bits per heavy atom. The van der Waals surface area contributed by atoms with Gasteiger partial charge in [-0.25, -0.2) is 13.1 Å². The molecule has 0 saturated heterocycles. The number of hydrogen-bond acceptors (Lipinski definition) is 8. The van der Waals surface area contributed by atoms with E-state index in [1.807, 2.05) is 0 Å². The lowest BCUT2D eigenvalue weighted by atomic mass is 10.1. The molecule has 17 heteroatoms. The molecule has 4 rings (SSSR count). The molecule has 0 fully saturated rings. The average Bonchev–Trinajstić information content (AvgIpc) is 3.52. The number of tetrazole rings is 1. The molecule has 2 aromatic carbocycles. The Kier molecular flexibility index (Phi) is 7.67. The van der Waals surface area contributed by atoms with Crippen LogP contribution >= 0.6 is 11.6 Å². The van der Waals surface area contributed by atoms with Gasteiger partial charge >= 0.3 is 6.18 Å². The van der Waals surface area contributed by atoms with E-state index in [1.54, 1.807) is 24.3 Å². The van der Waals surface area contributed by atoms with Crippen molar-refractivity contribution in [3.63, 3.8) is 0 Å². The fourth-order valence-corrected chi connectivity index (χ4v) is 4.61. The third-order valence-corrected chi connectivity index (χ3v) is 6.94. The van der Waals surface area contributed by atoms with Gasteiger partial charge in [0.1, 0.15) is 12.2 Å². The van der Waals surface area contributed by atoms with E-state index < -0.39 is 33.7 Å². The van der Waals surface area contributed by atoms with Crippen molar-refractivity contribution in [2.45, 2.75) is 24.5 Å². The number of para-hydroxylation sites is 1. The zero-order chi connectivity index (χ0) is 29.4. The lowest BCUT2D eigenvalue weighted by Gasteiger charge is -2.16. The van der Waals surface area contributed by atoms with Crippen LogP contribution in [0.25, 0.3) is 5.69 Å². The summed E-state index contributed by atoms with van der Waals surface area (Å²) in [6, 6.07) is 10.1. The zero-order valence-corrected chi connectivity index (χ0v) is 22.6. The summed E-state index contributed by atoms with van der Waals surface area (Å²) >= 11 is 6.32. The van der Waals surface area contributed by atoms with Gasteiger partial charge in [-0.15, -0.1) is 10.2 Å². The highest BCUT2D eigenvalue weighted by molar-refractivity contribution is 7.90. The van der Waals surface area contributed by atoms with Gasteiger partial charge in [0.15, 0.2) is 9.84 Å². The summed E-state index contributed by atoms with van der Waals surface area (Å²) in [6.07, 6.45) is -3.81. The van der Waals surface area contributed by atoms with Crippen LogP contribution in [0.15, 0.2) is 47.4 Å². The number of aryl methyl sites for hydroxylation is 1. The second-order valence-electron chi connectivity index (χ2n) is 8.49. The van der Waals surface area contributed by atoms with E-state index in [0.29, 0.717) is 4.80 Å². The first-order valence-corrected chi connectivity index (χ1v) is 13.5. The van der Waals surface area contributed by atoms with Gasteiger partial charge < -0.3 is 10.6 Å². The van der Waals surface area contributed by atoms with Crippen molar-refractivity contribution in [1.82, 2.24) is 35.3 Å². The van der Waals surface area contributed by atoms with Crippen molar-refractivity contribution in [2.24, 2.45) is 0 Å². The highest BCUT2D eigenvalue weighted by Gasteiger charge is 2.37.